The van der Waals surface area contributed by atoms with Crippen LogP contribution in [-0.2, 0) is 0 Å². The maximum atomic E-state index is 4.99. The Morgan fingerprint density at radius 1 is 0.895 bits per heavy atom. The molecule has 1 saturated carbocycles. The summed E-state index contributed by atoms with van der Waals surface area (Å²) in [5, 5.41) is 3.50. The van der Waals surface area contributed by atoms with E-state index < -0.39 is 0 Å². The quantitative estimate of drug-likeness (QED) is 0.257. The molecule has 2 bridgehead atoms. The summed E-state index contributed by atoms with van der Waals surface area (Å²) in [5.41, 5.74) is 7.60. The van der Waals surface area contributed by atoms with Gasteiger partial charge in [0.25, 0.3) is 0 Å². The summed E-state index contributed by atoms with van der Waals surface area (Å²) in [7, 11) is 0. The zero-order chi connectivity index (χ0) is 25.6. The van der Waals surface area contributed by atoms with Crippen molar-refractivity contribution in [2.24, 2.45) is 5.92 Å². The molecule has 190 valence electrons. The van der Waals surface area contributed by atoms with Crippen LogP contribution in [0.4, 0.5) is 17.5 Å². The Bertz CT molecular complexity index is 1570. The summed E-state index contributed by atoms with van der Waals surface area (Å²) in [6.45, 7) is 4.53. The Hall–Kier alpha value is -4.38. The molecule has 1 aliphatic carbocycles. The molecule has 3 unspecified atom stereocenters. The smallest absolute Gasteiger partial charge is 0.225 e. The third-order valence-corrected chi connectivity index (χ3v) is 8.39. The number of aromatic nitrogens is 3. The molecular formula is C33H33N5. The summed E-state index contributed by atoms with van der Waals surface area (Å²) in [6.07, 6.45) is 7.19. The van der Waals surface area contributed by atoms with Crippen LogP contribution in [0, 0.1) is 5.92 Å². The Kier molecular flexibility index (Phi) is 5.50. The molecular weight excluding hydrogens is 466 g/mol. The predicted molar refractivity (Wildman–Crippen MR) is 156 cm³/mol. The second-order valence-electron chi connectivity index (χ2n) is 10.6. The lowest BCUT2D eigenvalue weighted by Crippen LogP contribution is -2.53. The summed E-state index contributed by atoms with van der Waals surface area (Å²) in [5.74, 6) is 2.81. The number of nitrogens with zero attached hydrogens (tertiary/aromatic N) is 4. The molecule has 5 aromatic rings. The van der Waals surface area contributed by atoms with Crippen LogP contribution in [0.3, 0.4) is 0 Å². The molecule has 4 heterocycles. The van der Waals surface area contributed by atoms with Crippen molar-refractivity contribution in [1.29, 1.82) is 0 Å². The van der Waals surface area contributed by atoms with E-state index in [0.29, 0.717) is 23.8 Å². The van der Waals surface area contributed by atoms with E-state index in [4.69, 9.17) is 4.98 Å². The van der Waals surface area contributed by atoms with E-state index in [9.17, 15) is 0 Å². The summed E-state index contributed by atoms with van der Waals surface area (Å²) in [6, 6.07) is 32.9. The molecule has 0 radical (unpaired) electrons. The van der Waals surface area contributed by atoms with Gasteiger partial charge in [-0.2, -0.15) is 4.98 Å². The number of anilines is 3. The van der Waals surface area contributed by atoms with E-state index in [2.05, 4.69) is 125 Å². The topological polar surface area (TPSA) is 46.0 Å². The predicted octanol–water partition coefficient (Wildman–Crippen LogP) is 8.00. The van der Waals surface area contributed by atoms with Gasteiger partial charge >= 0.3 is 0 Å². The third kappa shape index (κ3) is 3.86. The molecule has 2 aliphatic heterocycles. The van der Waals surface area contributed by atoms with E-state index in [-0.39, 0.29) is 7.47 Å². The molecule has 4 atom stereocenters. The molecule has 5 nitrogen and oxygen atoms in total. The van der Waals surface area contributed by atoms with E-state index >= 15 is 0 Å². The van der Waals surface area contributed by atoms with Gasteiger partial charge in [-0.1, -0.05) is 55.5 Å². The number of benzene rings is 3. The lowest BCUT2D eigenvalue weighted by atomic mass is 9.62. The zero-order valence-corrected chi connectivity index (χ0v) is 21.7. The number of rotatable bonds is 6. The van der Waals surface area contributed by atoms with Gasteiger partial charge in [0.15, 0.2) is 0 Å². The fraction of sp³-hybridized carbons (Fsp3) is 0.212. The van der Waals surface area contributed by atoms with Crippen molar-refractivity contribution in [1.82, 2.24) is 14.5 Å². The maximum Gasteiger partial charge on any atom is 0.225 e. The van der Waals surface area contributed by atoms with Crippen LogP contribution >= 0.6 is 0 Å². The van der Waals surface area contributed by atoms with Crippen LogP contribution in [0.15, 0.2) is 110 Å². The van der Waals surface area contributed by atoms with Crippen molar-refractivity contribution < 1.29 is 1.43 Å². The molecule has 0 saturated heterocycles. The summed E-state index contributed by atoms with van der Waals surface area (Å²) < 4.78 is 2.14. The average Bonchev–Trinajstić information content (AvgIpc) is 3.52. The average molecular weight is 500 g/mol. The minimum absolute atomic E-state index is 0. The molecule has 0 amide bonds. The van der Waals surface area contributed by atoms with Gasteiger partial charge in [-0.25, -0.2) is 4.98 Å². The highest BCUT2D eigenvalue weighted by Crippen LogP contribution is 2.56. The Morgan fingerprint density at radius 3 is 2.42 bits per heavy atom. The van der Waals surface area contributed by atoms with Crippen molar-refractivity contribution in [3.8, 4) is 16.8 Å². The molecule has 2 aromatic heterocycles. The molecule has 38 heavy (non-hydrogen) atoms. The second-order valence-corrected chi connectivity index (χ2v) is 10.6. The highest BCUT2D eigenvalue weighted by molar-refractivity contribution is 5.76. The van der Waals surface area contributed by atoms with Crippen molar-refractivity contribution in [3.05, 3.63) is 121 Å². The molecule has 5 heteroatoms. The highest BCUT2D eigenvalue weighted by atomic mass is 15.3. The van der Waals surface area contributed by atoms with Crippen LogP contribution in [0.5, 0.6) is 0 Å². The highest BCUT2D eigenvalue weighted by Gasteiger charge is 2.49. The first kappa shape index (κ1) is 22.8. The fourth-order valence-corrected chi connectivity index (χ4v) is 6.14. The molecule has 3 aromatic carbocycles. The van der Waals surface area contributed by atoms with Crippen molar-refractivity contribution in [2.45, 2.75) is 38.3 Å². The number of nitrogens with one attached hydrogen (secondary N) is 1. The molecule has 0 spiro atoms. The third-order valence-electron chi connectivity index (χ3n) is 8.39. The summed E-state index contributed by atoms with van der Waals surface area (Å²) >= 11 is 0. The lowest BCUT2D eigenvalue weighted by Gasteiger charge is -2.55. The Labute approximate surface area is 225 Å². The van der Waals surface area contributed by atoms with Crippen molar-refractivity contribution in [2.75, 3.05) is 10.2 Å². The van der Waals surface area contributed by atoms with Gasteiger partial charge < -0.3 is 14.8 Å². The van der Waals surface area contributed by atoms with E-state index in [0.717, 1.165) is 12.2 Å². The van der Waals surface area contributed by atoms with Gasteiger partial charge in [0.2, 0.25) is 5.95 Å². The SMILES string of the molecule is CC1C2CC1N(c1ccnc(N[C@@H](C)c3ccccc3)n1)c1ccc(-c3ccc(-n4cccc4)cc3)cc12.[HH]. The van der Waals surface area contributed by atoms with Crippen LogP contribution in [-0.4, -0.2) is 20.6 Å². The standard InChI is InChI=1S/C33H31N5.H2/c1-22-28-21-31(22)38(32-16-17-34-33(36-32)35-23(2)24-8-4-3-5-9-24)30-15-12-26(20-29(28)30)25-10-13-27(14-11-25)37-18-6-7-19-37;/h3-20,22-23,28,31H,21H2,1-2H3,(H,34,35,36);1H/t22?,23-,28?,31?;/m0./s1. The second kappa shape index (κ2) is 9.18. The summed E-state index contributed by atoms with van der Waals surface area (Å²) in [4.78, 5) is 12.0. The normalized spacial score (nSPS) is 20.4. The Balaban J connectivity index is 0.00000277. The van der Waals surface area contributed by atoms with Gasteiger partial charge in [-0.05, 0) is 89.9 Å². The first-order valence-electron chi connectivity index (χ1n) is 13.5. The monoisotopic (exact) mass is 499 g/mol. The van der Waals surface area contributed by atoms with Gasteiger partial charge in [0.05, 0.1) is 6.04 Å². The molecule has 1 fully saturated rings. The largest absolute Gasteiger partial charge is 0.348 e. The van der Waals surface area contributed by atoms with E-state index in [1.54, 1.807) is 0 Å². The zero-order valence-electron chi connectivity index (χ0n) is 21.7. The first-order chi connectivity index (χ1) is 18.7. The maximum absolute atomic E-state index is 4.99. The lowest BCUT2D eigenvalue weighted by molar-refractivity contribution is 0.208. The van der Waals surface area contributed by atoms with Crippen molar-refractivity contribution in [3.63, 3.8) is 0 Å². The van der Waals surface area contributed by atoms with E-state index in [1.807, 2.05) is 18.3 Å². The molecule has 1 N–H and O–H groups in total. The number of hydrogen-bond acceptors (Lipinski definition) is 4. The van der Waals surface area contributed by atoms with E-state index in [1.165, 1.54) is 33.6 Å². The van der Waals surface area contributed by atoms with Gasteiger partial charge in [-0.3, -0.25) is 0 Å². The van der Waals surface area contributed by atoms with Gasteiger partial charge in [-0.15, -0.1) is 0 Å². The molecule has 8 rings (SSSR count). The van der Waals surface area contributed by atoms with Crippen LogP contribution < -0.4 is 10.2 Å². The minimum atomic E-state index is 0. The van der Waals surface area contributed by atoms with Crippen LogP contribution in [0.1, 0.15) is 44.8 Å². The van der Waals surface area contributed by atoms with Gasteiger partial charge in [0.1, 0.15) is 5.82 Å². The van der Waals surface area contributed by atoms with Gasteiger partial charge in [0, 0.05) is 37.4 Å². The van der Waals surface area contributed by atoms with Crippen LogP contribution in [0.2, 0.25) is 0 Å². The first-order valence-corrected chi connectivity index (χ1v) is 13.5. The molecule has 3 aliphatic rings. The fourth-order valence-electron chi connectivity index (χ4n) is 6.14. The van der Waals surface area contributed by atoms with Crippen LogP contribution in [0.25, 0.3) is 16.8 Å². The van der Waals surface area contributed by atoms with Crippen molar-refractivity contribution >= 4 is 17.5 Å². The minimum Gasteiger partial charge on any atom is -0.348 e. The Morgan fingerprint density at radius 2 is 1.66 bits per heavy atom. The number of hydrogen-bond donors (Lipinski definition) is 1.